The van der Waals surface area contributed by atoms with Crippen LogP contribution in [0.4, 0.5) is 4.39 Å². The first-order chi connectivity index (χ1) is 10.1. The molecule has 1 unspecified atom stereocenters. The van der Waals surface area contributed by atoms with Crippen LogP contribution in [0, 0.1) is 11.7 Å². The Hall–Kier alpha value is -1.42. The lowest BCUT2D eigenvalue weighted by molar-refractivity contribution is -0.132. The fourth-order valence-corrected chi connectivity index (χ4v) is 2.56. The van der Waals surface area contributed by atoms with Crippen LogP contribution in [0.15, 0.2) is 24.3 Å². The number of benzene rings is 1. The molecule has 1 aliphatic rings. The lowest BCUT2D eigenvalue weighted by Crippen LogP contribution is -2.33. The number of nitrogens with zero attached hydrogens (tertiary/aromatic N) is 1. The average molecular weight is 292 g/mol. The Morgan fingerprint density at radius 2 is 2.10 bits per heavy atom. The van der Waals surface area contributed by atoms with Crippen molar-refractivity contribution in [2.24, 2.45) is 11.7 Å². The van der Waals surface area contributed by atoms with Crippen LogP contribution < -0.4 is 5.73 Å². The van der Waals surface area contributed by atoms with Gasteiger partial charge in [0.2, 0.25) is 5.91 Å². The van der Waals surface area contributed by atoms with Gasteiger partial charge in [-0.3, -0.25) is 4.79 Å². The number of hydrogen-bond acceptors (Lipinski definition) is 2. The van der Waals surface area contributed by atoms with Gasteiger partial charge in [-0.15, -0.1) is 0 Å². The molecule has 1 amide bonds. The Kier molecular flexibility index (Phi) is 5.74. The van der Waals surface area contributed by atoms with Crippen molar-refractivity contribution in [2.75, 3.05) is 6.54 Å². The second-order valence-electron chi connectivity index (χ2n) is 6.07. The van der Waals surface area contributed by atoms with Gasteiger partial charge in [0.15, 0.2) is 0 Å². The van der Waals surface area contributed by atoms with Crippen LogP contribution >= 0.6 is 0 Å². The molecule has 0 saturated heterocycles. The van der Waals surface area contributed by atoms with E-state index in [2.05, 4.69) is 6.92 Å². The van der Waals surface area contributed by atoms with E-state index >= 15 is 0 Å². The van der Waals surface area contributed by atoms with Crippen LogP contribution in [0.3, 0.4) is 0 Å². The molecule has 0 spiro atoms. The molecular formula is C17H25FN2O. The van der Waals surface area contributed by atoms with E-state index in [9.17, 15) is 9.18 Å². The largest absolute Gasteiger partial charge is 0.335 e. The number of hydrogen-bond donors (Lipinski definition) is 1. The first-order valence-corrected chi connectivity index (χ1v) is 7.84. The molecule has 21 heavy (non-hydrogen) atoms. The maximum Gasteiger partial charge on any atom is 0.223 e. The number of halogens is 1. The van der Waals surface area contributed by atoms with Gasteiger partial charge in [-0.05, 0) is 44.2 Å². The molecule has 1 fully saturated rings. The molecule has 0 heterocycles. The van der Waals surface area contributed by atoms with Crippen molar-refractivity contribution < 1.29 is 9.18 Å². The van der Waals surface area contributed by atoms with Crippen LogP contribution in [0.25, 0.3) is 0 Å². The average Bonchev–Trinajstić information content (AvgIpc) is 3.29. The molecule has 1 aromatic rings. The van der Waals surface area contributed by atoms with E-state index in [4.69, 9.17) is 5.73 Å². The van der Waals surface area contributed by atoms with Crippen molar-refractivity contribution in [1.29, 1.82) is 0 Å². The van der Waals surface area contributed by atoms with Gasteiger partial charge in [0, 0.05) is 24.6 Å². The van der Waals surface area contributed by atoms with Gasteiger partial charge >= 0.3 is 0 Å². The van der Waals surface area contributed by atoms with Crippen molar-refractivity contribution in [1.82, 2.24) is 4.90 Å². The number of rotatable bonds is 8. The van der Waals surface area contributed by atoms with Crippen molar-refractivity contribution in [2.45, 2.75) is 51.6 Å². The lowest BCUT2D eigenvalue weighted by atomic mass is 10.0. The van der Waals surface area contributed by atoms with Gasteiger partial charge in [-0.2, -0.15) is 0 Å². The maximum atomic E-state index is 13.8. The summed E-state index contributed by atoms with van der Waals surface area (Å²) in [4.78, 5) is 14.3. The Balaban J connectivity index is 1.93. The number of nitrogens with two attached hydrogens (primary N) is 1. The van der Waals surface area contributed by atoms with Crippen LogP contribution in [-0.2, 0) is 11.3 Å². The minimum absolute atomic E-state index is 0.143. The van der Waals surface area contributed by atoms with E-state index in [0.717, 1.165) is 25.7 Å². The second kappa shape index (κ2) is 7.55. The van der Waals surface area contributed by atoms with Crippen molar-refractivity contribution in [3.8, 4) is 0 Å². The molecule has 2 rings (SSSR count). The summed E-state index contributed by atoms with van der Waals surface area (Å²) in [5.41, 5.74) is 6.14. The summed E-state index contributed by atoms with van der Waals surface area (Å²) in [5, 5.41) is 0. The zero-order chi connectivity index (χ0) is 15.2. The molecule has 2 N–H and O–H groups in total. The molecule has 0 bridgehead atoms. The van der Waals surface area contributed by atoms with Crippen molar-refractivity contribution in [3.63, 3.8) is 0 Å². The highest BCUT2D eigenvalue weighted by atomic mass is 19.1. The van der Waals surface area contributed by atoms with Crippen LogP contribution in [0.5, 0.6) is 0 Å². The molecule has 0 radical (unpaired) electrons. The molecule has 1 aliphatic carbocycles. The summed E-state index contributed by atoms with van der Waals surface area (Å²) in [6.07, 6.45) is 4.42. The normalized spacial score (nSPS) is 15.8. The molecule has 1 atom stereocenters. The fourth-order valence-electron chi connectivity index (χ4n) is 2.56. The third kappa shape index (κ3) is 4.81. The molecule has 4 heteroatoms. The second-order valence-corrected chi connectivity index (χ2v) is 6.07. The molecule has 116 valence electrons. The molecular weight excluding hydrogens is 267 g/mol. The highest BCUT2D eigenvalue weighted by Crippen LogP contribution is 2.30. The summed E-state index contributed by atoms with van der Waals surface area (Å²) in [6.45, 7) is 3.18. The van der Waals surface area contributed by atoms with Gasteiger partial charge in [-0.1, -0.05) is 25.1 Å². The van der Waals surface area contributed by atoms with E-state index in [1.807, 2.05) is 11.0 Å². The first kappa shape index (κ1) is 16.0. The lowest BCUT2D eigenvalue weighted by Gasteiger charge is -2.23. The van der Waals surface area contributed by atoms with Gasteiger partial charge in [0.05, 0.1) is 0 Å². The maximum absolute atomic E-state index is 13.8. The Labute approximate surface area is 126 Å². The smallest absolute Gasteiger partial charge is 0.223 e. The minimum atomic E-state index is -0.229. The topological polar surface area (TPSA) is 46.3 Å². The van der Waals surface area contributed by atoms with Crippen LogP contribution in [-0.4, -0.2) is 23.4 Å². The third-order valence-corrected chi connectivity index (χ3v) is 4.12. The number of carbonyl (C=O) groups is 1. The van der Waals surface area contributed by atoms with Gasteiger partial charge in [0.1, 0.15) is 5.82 Å². The highest BCUT2D eigenvalue weighted by molar-refractivity contribution is 5.76. The molecule has 3 nitrogen and oxygen atoms in total. The zero-order valence-electron chi connectivity index (χ0n) is 12.7. The summed E-state index contributed by atoms with van der Waals surface area (Å²) < 4.78 is 13.8. The minimum Gasteiger partial charge on any atom is -0.335 e. The zero-order valence-corrected chi connectivity index (χ0v) is 12.7. The Bertz CT molecular complexity index is 474. The van der Waals surface area contributed by atoms with E-state index in [0.29, 0.717) is 37.0 Å². The van der Waals surface area contributed by atoms with Crippen LogP contribution in [0.2, 0.25) is 0 Å². The monoisotopic (exact) mass is 292 g/mol. The van der Waals surface area contributed by atoms with Crippen molar-refractivity contribution >= 4 is 5.91 Å². The van der Waals surface area contributed by atoms with E-state index < -0.39 is 0 Å². The number of amides is 1. The van der Waals surface area contributed by atoms with Crippen molar-refractivity contribution in [3.05, 3.63) is 35.6 Å². The molecule has 1 saturated carbocycles. The quantitative estimate of drug-likeness (QED) is 0.800. The summed E-state index contributed by atoms with van der Waals surface area (Å²) in [5.74, 6) is 0.380. The Morgan fingerprint density at radius 1 is 1.38 bits per heavy atom. The summed E-state index contributed by atoms with van der Waals surface area (Å²) >= 11 is 0. The standard InChI is InChI=1S/C17H25FN2O/c1-13(10-11-19)6-9-17(21)20(15-7-8-15)12-14-4-2-3-5-16(14)18/h2-5,13,15H,6-12,19H2,1H3. The van der Waals surface area contributed by atoms with Gasteiger partial charge in [-0.25, -0.2) is 4.39 Å². The molecule has 0 aromatic heterocycles. The molecule has 0 aliphatic heterocycles. The predicted molar refractivity (Wildman–Crippen MR) is 82.0 cm³/mol. The SMILES string of the molecule is CC(CCN)CCC(=O)N(Cc1ccccc1F)C1CC1. The fraction of sp³-hybridized carbons (Fsp3) is 0.588. The summed E-state index contributed by atoms with van der Waals surface area (Å²) in [6, 6.07) is 7.01. The summed E-state index contributed by atoms with van der Waals surface area (Å²) in [7, 11) is 0. The molecule has 1 aromatic carbocycles. The van der Waals surface area contributed by atoms with Crippen LogP contribution in [0.1, 0.15) is 44.6 Å². The van der Waals surface area contributed by atoms with E-state index in [-0.39, 0.29) is 11.7 Å². The Morgan fingerprint density at radius 3 is 2.71 bits per heavy atom. The van der Waals surface area contributed by atoms with E-state index in [1.165, 1.54) is 6.07 Å². The number of carbonyl (C=O) groups excluding carboxylic acids is 1. The first-order valence-electron chi connectivity index (χ1n) is 7.84. The predicted octanol–water partition coefficient (Wildman–Crippen LogP) is 3.08. The van der Waals surface area contributed by atoms with Gasteiger partial charge < -0.3 is 10.6 Å². The van der Waals surface area contributed by atoms with Gasteiger partial charge in [0.25, 0.3) is 0 Å². The third-order valence-electron chi connectivity index (χ3n) is 4.12. The highest BCUT2D eigenvalue weighted by Gasteiger charge is 2.32. The van der Waals surface area contributed by atoms with E-state index in [1.54, 1.807) is 12.1 Å².